The van der Waals surface area contributed by atoms with E-state index in [0.717, 1.165) is 30.2 Å². The highest BCUT2D eigenvalue weighted by Gasteiger charge is 2.15. The lowest BCUT2D eigenvalue weighted by atomic mass is 10.2. The predicted octanol–water partition coefficient (Wildman–Crippen LogP) is 2.32. The molecule has 0 atom stereocenters. The third-order valence-corrected chi connectivity index (χ3v) is 4.71. The molecule has 4 rings (SSSR count). The summed E-state index contributed by atoms with van der Waals surface area (Å²) < 4.78 is 16.3. The summed E-state index contributed by atoms with van der Waals surface area (Å²) in [6.07, 6.45) is 5.59. The van der Waals surface area contributed by atoms with Crippen molar-refractivity contribution in [2.45, 2.75) is 19.8 Å². The van der Waals surface area contributed by atoms with Crippen LogP contribution in [0, 0.1) is 6.92 Å². The molecule has 8 heteroatoms. The highest BCUT2D eigenvalue weighted by molar-refractivity contribution is 5.91. The van der Waals surface area contributed by atoms with Gasteiger partial charge in [-0.3, -0.25) is 4.79 Å². The number of hydrogen-bond donors (Lipinski definition) is 1. The largest absolute Gasteiger partial charge is 0.476 e. The van der Waals surface area contributed by atoms with Crippen molar-refractivity contribution in [1.29, 1.82) is 0 Å². The lowest BCUT2D eigenvalue weighted by Crippen LogP contribution is -2.26. The quantitative estimate of drug-likeness (QED) is 0.568. The van der Waals surface area contributed by atoms with Gasteiger partial charge >= 0.3 is 0 Å². The van der Waals surface area contributed by atoms with Crippen molar-refractivity contribution in [3.63, 3.8) is 0 Å². The maximum Gasteiger partial charge on any atom is 0.244 e. The van der Waals surface area contributed by atoms with Crippen LogP contribution in [0.25, 0.3) is 6.08 Å². The van der Waals surface area contributed by atoms with Crippen molar-refractivity contribution in [2.75, 3.05) is 37.9 Å². The van der Waals surface area contributed by atoms with E-state index < -0.39 is 0 Å². The first kappa shape index (κ1) is 19.0. The van der Waals surface area contributed by atoms with Crippen LogP contribution in [0.3, 0.4) is 0 Å². The number of carbonyl (C=O) groups is 1. The molecule has 0 bridgehead atoms. The molecule has 1 fully saturated rings. The first-order valence-electron chi connectivity index (χ1n) is 9.76. The fraction of sp³-hybridized carbons (Fsp3) is 0.381. The van der Waals surface area contributed by atoms with Crippen LogP contribution in [0.4, 0.5) is 5.82 Å². The van der Waals surface area contributed by atoms with E-state index in [1.165, 1.54) is 18.9 Å². The Morgan fingerprint density at radius 1 is 1.21 bits per heavy atom. The Labute approximate surface area is 169 Å². The zero-order valence-electron chi connectivity index (χ0n) is 16.4. The number of aryl methyl sites for hydroxylation is 1. The van der Waals surface area contributed by atoms with E-state index in [-0.39, 0.29) is 12.7 Å². The third kappa shape index (κ3) is 4.96. The number of rotatable bonds is 7. The Morgan fingerprint density at radius 3 is 2.90 bits per heavy atom. The van der Waals surface area contributed by atoms with E-state index in [1.54, 1.807) is 6.08 Å². The highest BCUT2D eigenvalue weighted by Crippen LogP contribution is 2.32. The van der Waals surface area contributed by atoms with E-state index in [2.05, 4.69) is 20.2 Å². The van der Waals surface area contributed by atoms with Gasteiger partial charge in [-0.15, -0.1) is 0 Å². The summed E-state index contributed by atoms with van der Waals surface area (Å²) in [5, 5.41) is 2.80. The molecular formula is C21H24N4O4. The van der Waals surface area contributed by atoms with Crippen LogP contribution >= 0.6 is 0 Å². The van der Waals surface area contributed by atoms with Gasteiger partial charge in [0.25, 0.3) is 0 Å². The zero-order valence-corrected chi connectivity index (χ0v) is 16.4. The van der Waals surface area contributed by atoms with Crippen LogP contribution in [0.15, 0.2) is 30.3 Å². The molecule has 0 aliphatic carbocycles. The Hall–Kier alpha value is -3.29. The molecule has 1 saturated heterocycles. The van der Waals surface area contributed by atoms with Gasteiger partial charge in [-0.2, -0.15) is 4.98 Å². The molecule has 2 aliphatic rings. The van der Waals surface area contributed by atoms with Crippen molar-refractivity contribution < 1.29 is 19.0 Å². The number of hydrogen-bond acceptors (Lipinski definition) is 7. The second kappa shape index (κ2) is 8.81. The summed E-state index contributed by atoms with van der Waals surface area (Å²) in [4.78, 5) is 23.0. The molecule has 1 N–H and O–H groups in total. The van der Waals surface area contributed by atoms with E-state index >= 15 is 0 Å². The van der Waals surface area contributed by atoms with Gasteiger partial charge in [0.1, 0.15) is 18.2 Å². The second-order valence-electron chi connectivity index (χ2n) is 6.89. The van der Waals surface area contributed by atoms with Crippen LogP contribution in [-0.2, 0) is 4.79 Å². The number of amides is 1. The lowest BCUT2D eigenvalue weighted by Gasteiger charge is -2.17. The standard InChI is InChI=1S/C21H24N4O4/c1-15-23-19(25-9-2-3-10-25)13-21(24-15)27-11-8-22-20(26)7-5-16-4-6-17-18(12-16)29-14-28-17/h4-7,12-13H,2-3,8-11,14H2,1H3,(H,22,26)/b7-5+. The van der Waals surface area contributed by atoms with Crippen LogP contribution in [0.5, 0.6) is 17.4 Å². The second-order valence-corrected chi connectivity index (χ2v) is 6.89. The summed E-state index contributed by atoms with van der Waals surface area (Å²) in [5.74, 6) is 3.33. The number of aromatic nitrogens is 2. The molecule has 0 unspecified atom stereocenters. The average molecular weight is 396 g/mol. The topological polar surface area (TPSA) is 85.8 Å². The number of nitrogens with one attached hydrogen (secondary N) is 1. The predicted molar refractivity (Wildman–Crippen MR) is 108 cm³/mol. The Kier molecular flexibility index (Phi) is 5.79. The molecule has 2 aromatic rings. The molecule has 0 spiro atoms. The van der Waals surface area contributed by atoms with Crippen molar-refractivity contribution >= 4 is 17.8 Å². The summed E-state index contributed by atoms with van der Waals surface area (Å²) in [6, 6.07) is 7.40. The fourth-order valence-electron chi connectivity index (χ4n) is 3.28. The summed E-state index contributed by atoms with van der Waals surface area (Å²) in [7, 11) is 0. The summed E-state index contributed by atoms with van der Waals surface area (Å²) >= 11 is 0. The number of ether oxygens (including phenoxy) is 3. The van der Waals surface area contributed by atoms with Gasteiger partial charge in [-0.25, -0.2) is 4.98 Å². The van der Waals surface area contributed by atoms with Crippen LogP contribution in [0.1, 0.15) is 24.2 Å². The Bertz CT molecular complexity index is 910. The molecule has 1 amide bonds. The van der Waals surface area contributed by atoms with Gasteiger partial charge < -0.3 is 24.4 Å². The normalized spacial score (nSPS) is 15.1. The van der Waals surface area contributed by atoms with Crippen molar-refractivity contribution in [3.8, 4) is 17.4 Å². The van der Waals surface area contributed by atoms with Crippen molar-refractivity contribution in [3.05, 3.63) is 41.7 Å². The first-order valence-corrected chi connectivity index (χ1v) is 9.76. The Morgan fingerprint density at radius 2 is 2.03 bits per heavy atom. The van der Waals surface area contributed by atoms with Gasteiger partial charge in [-0.1, -0.05) is 6.07 Å². The molecule has 29 heavy (non-hydrogen) atoms. The first-order chi connectivity index (χ1) is 14.2. The minimum absolute atomic E-state index is 0.192. The average Bonchev–Trinajstić information content (AvgIpc) is 3.40. The SMILES string of the molecule is Cc1nc(OCCNC(=O)/C=C/c2ccc3c(c2)OCO3)cc(N2CCCC2)n1. The maximum absolute atomic E-state index is 12.0. The monoisotopic (exact) mass is 396 g/mol. The van der Waals surface area contributed by atoms with Gasteiger partial charge in [0.15, 0.2) is 11.5 Å². The van der Waals surface area contributed by atoms with E-state index in [1.807, 2.05) is 31.2 Å². The molecular weight excluding hydrogens is 372 g/mol. The summed E-state index contributed by atoms with van der Waals surface area (Å²) in [6.45, 7) is 4.83. The van der Waals surface area contributed by atoms with Crippen molar-refractivity contribution in [2.24, 2.45) is 0 Å². The minimum Gasteiger partial charge on any atom is -0.476 e. The molecule has 3 heterocycles. The minimum atomic E-state index is -0.192. The van der Waals surface area contributed by atoms with Gasteiger partial charge in [-0.05, 0) is 43.5 Å². The van der Waals surface area contributed by atoms with Gasteiger partial charge in [0.05, 0.1) is 6.54 Å². The molecule has 0 radical (unpaired) electrons. The van der Waals surface area contributed by atoms with Crippen molar-refractivity contribution in [1.82, 2.24) is 15.3 Å². The highest BCUT2D eigenvalue weighted by atomic mass is 16.7. The Balaban J connectivity index is 1.23. The van der Waals surface area contributed by atoms with E-state index in [9.17, 15) is 4.79 Å². The number of benzene rings is 1. The third-order valence-electron chi connectivity index (χ3n) is 4.71. The number of anilines is 1. The van der Waals surface area contributed by atoms with Crippen LogP contribution in [-0.4, -0.2) is 48.9 Å². The number of fused-ring (bicyclic) bond motifs is 1. The summed E-state index contributed by atoms with van der Waals surface area (Å²) in [5.41, 5.74) is 0.867. The zero-order chi connectivity index (χ0) is 20.1. The molecule has 2 aliphatic heterocycles. The van der Waals surface area contributed by atoms with E-state index in [0.29, 0.717) is 30.6 Å². The molecule has 1 aromatic carbocycles. The number of carbonyl (C=O) groups excluding carboxylic acids is 1. The lowest BCUT2D eigenvalue weighted by molar-refractivity contribution is -0.116. The molecule has 1 aromatic heterocycles. The fourth-order valence-corrected chi connectivity index (χ4v) is 3.28. The molecule has 8 nitrogen and oxygen atoms in total. The van der Waals surface area contributed by atoms with Gasteiger partial charge in [0.2, 0.25) is 18.6 Å². The number of nitrogens with zero attached hydrogens (tertiary/aromatic N) is 3. The van der Waals surface area contributed by atoms with E-state index in [4.69, 9.17) is 14.2 Å². The van der Waals surface area contributed by atoms with Crippen LogP contribution in [0.2, 0.25) is 0 Å². The van der Waals surface area contributed by atoms with Gasteiger partial charge in [0, 0.05) is 25.2 Å². The molecule has 0 saturated carbocycles. The smallest absolute Gasteiger partial charge is 0.244 e. The van der Waals surface area contributed by atoms with Crippen LogP contribution < -0.4 is 24.4 Å². The maximum atomic E-state index is 12.0. The molecule has 152 valence electrons.